The van der Waals surface area contributed by atoms with Gasteiger partial charge in [-0.2, -0.15) is 0 Å². The van der Waals surface area contributed by atoms with Gasteiger partial charge in [0.15, 0.2) is 6.29 Å². The third-order valence-electron chi connectivity index (χ3n) is 3.94. The lowest BCUT2D eigenvalue weighted by Crippen LogP contribution is -2.30. The van der Waals surface area contributed by atoms with Crippen LogP contribution in [0, 0.1) is 11.8 Å². The van der Waals surface area contributed by atoms with Crippen molar-refractivity contribution in [3.05, 3.63) is 29.1 Å². The van der Waals surface area contributed by atoms with Crippen LogP contribution in [-0.4, -0.2) is 49.4 Å². The lowest BCUT2D eigenvalue weighted by molar-refractivity contribution is 0.0929. The standard InChI is InChI=1S/C14H15N3O4/c1-15-14(20)11-3-7(2-8(4-18)16-11)13(19)17-12-9-5-21-6-10(9)12/h2-4,9-10,12H,5-6H2,1H3,(H,15,20)(H,17,19)/t9-,10+,12+. The minimum atomic E-state index is -0.440. The summed E-state index contributed by atoms with van der Waals surface area (Å²) in [7, 11) is 1.46. The molecular formula is C14H15N3O4. The number of rotatable bonds is 4. The van der Waals surface area contributed by atoms with Crippen molar-refractivity contribution in [2.75, 3.05) is 20.3 Å². The molecule has 7 nitrogen and oxygen atoms in total. The van der Waals surface area contributed by atoms with E-state index in [2.05, 4.69) is 15.6 Å². The lowest BCUT2D eigenvalue weighted by Gasteiger charge is -2.09. The third kappa shape index (κ3) is 2.52. The lowest BCUT2D eigenvalue weighted by atomic mass is 10.1. The molecule has 3 atom stereocenters. The number of hydrogen-bond donors (Lipinski definition) is 2. The van der Waals surface area contributed by atoms with Crippen LogP contribution in [0.5, 0.6) is 0 Å². The predicted octanol–water partition coefficient (Wildman–Crippen LogP) is -0.372. The average Bonchev–Trinajstić information content (AvgIpc) is 2.95. The molecule has 2 fully saturated rings. The van der Waals surface area contributed by atoms with Gasteiger partial charge in [0.25, 0.3) is 11.8 Å². The Morgan fingerprint density at radius 2 is 2.00 bits per heavy atom. The molecule has 0 radical (unpaired) electrons. The second-order valence-corrected chi connectivity index (χ2v) is 5.23. The topological polar surface area (TPSA) is 97.4 Å². The number of carbonyl (C=O) groups is 3. The first kappa shape index (κ1) is 13.7. The minimum Gasteiger partial charge on any atom is -0.381 e. The van der Waals surface area contributed by atoms with Crippen LogP contribution in [-0.2, 0) is 4.74 Å². The first-order valence-corrected chi connectivity index (χ1v) is 6.72. The Labute approximate surface area is 121 Å². The van der Waals surface area contributed by atoms with Gasteiger partial charge in [-0.05, 0) is 12.1 Å². The number of aromatic nitrogens is 1. The van der Waals surface area contributed by atoms with E-state index >= 15 is 0 Å². The van der Waals surface area contributed by atoms with Crippen LogP contribution in [0.3, 0.4) is 0 Å². The summed E-state index contributed by atoms with van der Waals surface area (Å²) >= 11 is 0. The Morgan fingerprint density at radius 3 is 2.62 bits per heavy atom. The second kappa shape index (κ2) is 5.25. The van der Waals surface area contributed by atoms with Crippen molar-refractivity contribution in [3.63, 3.8) is 0 Å². The maximum atomic E-state index is 12.2. The Morgan fingerprint density at radius 1 is 1.29 bits per heavy atom. The molecule has 2 heterocycles. The van der Waals surface area contributed by atoms with Gasteiger partial charge >= 0.3 is 0 Å². The van der Waals surface area contributed by atoms with E-state index in [-0.39, 0.29) is 28.9 Å². The summed E-state index contributed by atoms with van der Waals surface area (Å²) < 4.78 is 5.27. The molecule has 2 N–H and O–H groups in total. The van der Waals surface area contributed by atoms with Crippen molar-refractivity contribution in [3.8, 4) is 0 Å². The first-order chi connectivity index (χ1) is 10.1. The highest BCUT2D eigenvalue weighted by Gasteiger charge is 2.54. The van der Waals surface area contributed by atoms with E-state index in [4.69, 9.17) is 4.74 Å². The Kier molecular flexibility index (Phi) is 3.42. The third-order valence-corrected chi connectivity index (χ3v) is 3.94. The summed E-state index contributed by atoms with van der Waals surface area (Å²) in [5, 5.41) is 5.33. The van der Waals surface area contributed by atoms with Gasteiger partial charge in [0.2, 0.25) is 0 Å². The van der Waals surface area contributed by atoms with Crippen LogP contribution >= 0.6 is 0 Å². The highest BCUT2D eigenvalue weighted by atomic mass is 16.5. The van der Waals surface area contributed by atoms with Crippen molar-refractivity contribution in [1.82, 2.24) is 15.6 Å². The van der Waals surface area contributed by atoms with E-state index in [0.717, 1.165) is 0 Å². The molecule has 1 saturated heterocycles. The molecule has 7 heteroatoms. The Balaban J connectivity index is 1.78. The number of aldehydes is 1. The first-order valence-electron chi connectivity index (χ1n) is 6.72. The number of nitrogens with one attached hydrogen (secondary N) is 2. The zero-order valence-corrected chi connectivity index (χ0v) is 11.5. The van der Waals surface area contributed by atoms with Gasteiger partial charge in [0.05, 0.1) is 13.2 Å². The second-order valence-electron chi connectivity index (χ2n) is 5.23. The van der Waals surface area contributed by atoms with Gasteiger partial charge < -0.3 is 15.4 Å². The molecular weight excluding hydrogens is 274 g/mol. The maximum absolute atomic E-state index is 12.2. The maximum Gasteiger partial charge on any atom is 0.269 e. The normalized spacial score (nSPS) is 25.9. The van der Waals surface area contributed by atoms with Crippen LogP contribution in [0.15, 0.2) is 12.1 Å². The van der Waals surface area contributed by atoms with Crippen LogP contribution < -0.4 is 10.6 Å². The van der Waals surface area contributed by atoms with Gasteiger partial charge in [-0.25, -0.2) is 4.98 Å². The summed E-state index contributed by atoms with van der Waals surface area (Å²) in [6.07, 6.45) is 0.517. The van der Waals surface area contributed by atoms with E-state index < -0.39 is 5.91 Å². The predicted molar refractivity (Wildman–Crippen MR) is 72.1 cm³/mol. The highest BCUT2D eigenvalue weighted by molar-refractivity contribution is 6.00. The van der Waals surface area contributed by atoms with E-state index in [1.54, 1.807) is 0 Å². The average molecular weight is 289 g/mol. The molecule has 1 saturated carbocycles. The SMILES string of the molecule is CNC(=O)c1cc(C(=O)N[C@H]2[C@@H]3COC[C@@H]32)cc(C=O)n1. The number of fused-ring (bicyclic) bond motifs is 1. The number of amides is 2. The van der Waals surface area contributed by atoms with Crippen molar-refractivity contribution in [2.45, 2.75) is 6.04 Å². The molecule has 1 aromatic rings. The number of ether oxygens (including phenoxy) is 1. The summed E-state index contributed by atoms with van der Waals surface area (Å²) in [5.41, 5.74) is 0.365. The van der Waals surface area contributed by atoms with Crippen LogP contribution in [0.4, 0.5) is 0 Å². The molecule has 0 aromatic carbocycles. The fraction of sp³-hybridized carbons (Fsp3) is 0.429. The van der Waals surface area contributed by atoms with Gasteiger partial charge in [0, 0.05) is 30.5 Å². The number of hydrogen-bond acceptors (Lipinski definition) is 5. The molecule has 110 valence electrons. The summed E-state index contributed by atoms with van der Waals surface area (Å²) in [6, 6.07) is 2.89. The minimum absolute atomic E-state index is 0.0478. The zero-order chi connectivity index (χ0) is 15.0. The summed E-state index contributed by atoms with van der Waals surface area (Å²) in [6.45, 7) is 1.35. The van der Waals surface area contributed by atoms with Gasteiger partial charge in [-0.1, -0.05) is 0 Å². The van der Waals surface area contributed by atoms with Crippen molar-refractivity contribution in [1.29, 1.82) is 0 Å². The fourth-order valence-corrected chi connectivity index (χ4v) is 2.68. The van der Waals surface area contributed by atoms with Gasteiger partial charge in [-0.15, -0.1) is 0 Å². The smallest absolute Gasteiger partial charge is 0.269 e. The fourth-order valence-electron chi connectivity index (χ4n) is 2.68. The van der Waals surface area contributed by atoms with E-state index in [1.165, 1.54) is 19.2 Å². The Hall–Kier alpha value is -2.28. The quantitative estimate of drug-likeness (QED) is 0.737. The van der Waals surface area contributed by atoms with Crippen LogP contribution in [0.2, 0.25) is 0 Å². The number of nitrogens with zero attached hydrogens (tertiary/aromatic N) is 1. The van der Waals surface area contributed by atoms with Crippen LogP contribution in [0.1, 0.15) is 31.3 Å². The zero-order valence-electron chi connectivity index (χ0n) is 11.5. The monoisotopic (exact) mass is 289 g/mol. The van der Waals surface area contributed by atoms with E-state index in [0.29, 0.717) is 31.3 Å². The molecule has 3 rings (SSSR count). The number of pyridine rings is 1. The molecule has 2 amide bonds. The summed E-state index contributed by atoms with van der Waals surface area (Å²) in [4.78, 5) is 38.6. The molecule has 1 aliphatic heterocycles. The molecule has 1 aliphatic carbocycles. The van der Waals surface area contributed by atoms with Crippen molar-refractivity contribution < 1.29 is 19.1 Å². The van der Waals surface area contributed by atoms with E-state index in [9.17, 15) is 14.4 Å². The molecule has 0 unspecified atom stereocenters. The molecule has 2 aliphatic rings. The molecule has 21 heavy (non-hydrogen) atoms. The van der Waals surface area contributed by atoms with E-state index in [1.807, 2.05) is 0 Å². The largest absolute Gasteiger partial charge is 0.381 e. The molecule has 0 spiro atoms. The van der Waals surface area contributed by atoms with Crippen molar-refractivity contribution >= 4 is 18.1 Å². The molecule has 1 aromatic heterocycles. The number of carbonyl (C=O) groups excluding carboxylic acids is 3. The molecule has 0 bridgehead atoms. The summed E-state index contributed by atoms with van der Waals surface area (Å²) in [5.74, 6) is 0.0361. The van der Waals surface area contributed by atoms with Gasteiger partial charge in [0.1, 0.15) is 11.4 Å². The van der Waals surface area contributed by atoms with Crippen molar-refractivity contribution in [2.24, 2.45) is 11.8 Å². The van der Waals surface area contributed by atoms with Crippen LogP contribution in [0.25, 0.3) is 0 Å². The highest BCUT2D eigenvalue weighted by Crippen LogP contribution is 2.44. The van der Waals surface area contributed by atoms with Gasteiger partial charge in [-0.3, -0.25) is 14.4 Å². The Bertz CT molecular complexity index is 606.